The lowest BCUT2D eigenvalue weighted by atomic mass is 9.88. The van der Waals surface area contributed by atoms with Crippen molar-refractivity contribution in [3.63, 3.8) is 0 Å². The van der Waals surface area contributed by atoms with Crippen LogP contribution in [0.2, 0.25) is 0 Å². The van der Waals surface area contributed by atoms with Crippen LogP contribution in [0.3, 0.4) is 0 Å². The Morgan fingerprint density at radius 2 is 2.33 bits per heavy atom. The summed E-state index contributed by atoms with van der Waals surface area (Å²) in [6.45, 7) is 0. The molecule has 1 saturated heterocycles. The van der Waals surface area contributed by atoms with E-state index in [0.29, 0.717) is 11.8 Å². The van der Waals surface area contributed by atoms with Crippen molar-refractivity contribution in [2.75, 3.05) is 0 Å². The van der Waals surface area contributed by atoms with E-state index >= 15 is 0 Å². The Balaban J connectivity index is 2.05. The molecule has 1 heterocycles. The number of hydrogen-bond donors (Lipinski definition) is 0. The van der Waals surface area contributed by atoms with E-state index in [1.165, 1.54) is 0 Å². The molecule has 6 atom stereocenters. The summed E-state index contributed by atoms with van der Waals surface area (Å²) in [5.41, 5.74) is 0. The molecule has 0 N–H and O–H groups in total. The Morgan fingerprint density at radius 1 is 1.50 bits per heavy atom. The van der Waals surface area contributed by atoms with Gasteiger partial charge < -0.3 is 0 Å². The molecule has 64 valence electrons. The van der Waals surface area contributed by atoms with Crippen LogP contribution >= 0.6 is 0 Å². The Kier molecular flexibility index (Phi) is 1.23. The average molecular weight is 183 g/mol. The van der Waals surface area contributed by atoms with E-state index < -0.39 is 11.1 Å². The van der Waals surface area contributed by atoms with Gasteiger partial charge in [0.15, 0.2) is 11.1 Å². The highest BCUT2D eigenvalue weighted by atomic mass is 32.2. The second kappa shape index (κ2) is 2.09. The number of fused-ring (bicyclic) bond motifs is 1. The fourth-order valence-electron chi connectivity index (χ4n) is 2.98. The first-order valence-corrected chi connectivity index (χ1v) is 5.42. The van der Waals surface area contributed by atoms with Gasteiger partial charge in [0, 0.05) is 5.92 Å². The molecule has 3 rings (SSSR count). The third-order valence-corrected chi connectivity index (χ3v) is 4.99. The van der Waals surface area contributed by atoms with Crippen LogP contribution < -0.4 is 0 Å². The van der Waals surface area contributed by atoms with Crippen molar-refractivity contribution in [1.82, 2.24) is 0 Å². The maximum atomic E-state index is 11.4. The van der Waals surface area contributed by atoms with Crippen molar-refractivity contribution in [3.05, 3.63) is 0 Å². The van der Waals surface area contributed by atoms with Crippen LogP contribution in [0.15, 0.2) is 0 Å². The zero-order valence-corrected chi connectivity index (χ0v) is 7.29. The predicted molar refractivity (Wildman–Crippen MR) is 42.1 cm³/mol. The molecular weight excluding hydrogens is 174 g/mol. The standard InChI is InChI=1S/C8H9NO2S/c9-3-6-4-1-5-7(2-4)11-12(10)8(5)6/h4-8H,1-2H2. The molecule has 0 aromatic carbocycles. The highest BCUT2D eigenvalue weighted by Crippen LogP contribution is 2.55. The molecule has 2 bridgehead atoms. The zero-order chi connectivity index (χ0) is 8.29. The summed E-state index contributed by atoms with van der Waals surface area (Å²) >= 11 is -1.17. The summed E-state index contributed by atoms with van der Waals surface area (Å²) in [4.78, 5) is 0. The number of nitriles is 1. The molecule has 0 spiro atoms. The summed E-state index contributed by atoms with van der Waals surface area (Å²) in [5.74, 6) is 0.913. The van der Waals surface area contributed by atoms with Gasteiger partial charge in [0.05, 0.1) is 23.3 Å². The molecule has 4 heteroatoms. The molecule has 0 aromatic rings. The van der Waals surface area contributed by atoms with Crippen molar-refractivity contribution in [1.29, 1.82) is 5.26 Å². The Hall–Kier alpha value is -0.400. The lowest BCUT2D eigenvalue weighted by molar-refractivity contribution is 0.194. The normalized spacial score (nSPS) is 60.6. The van der Waals surface area contributed by atoms with Crippen molar-refractivity contribution in [2.45, 2.75) is 24.2 Å². The van der Waals surface area contributed by atoms with Gasteiger partial charge in [0.1, 0.15) is 0 Å². The van der Waals surface area contributed by atoms with Gasteiger partial charge in [-0.05, 0) is 18.8 Å². The Morgan fingerprint density at radius 3 is 3.08 bits per heavy atom. The number of hydrogen-bond acceptors (Lipinski definition) is 3. The second-order valence-corrected chi connectivity index (χ2v) is 5.17. The van der Waals surface area contributed by atoms with Crippen molar-refractivity contribution in [3.8, 4) is 6.07 Å². The molecule has 0 amide bonds. The highest BCUT2D eigenvalue weighted by Gasteiger charge is 2.61. The first-order valence-electron chi connectivity index (χ1n) is 4.28. The SMILES string of the molecule is N#CC1C2CC3OS(=O)C1C3C2. The predicted octanol–water partition coefficient (Wildman–Crippen LogP) is 0.597. The van der Waals surface area contributed by atoms with E-state index in [4.69, 9.17) is 9.44 Å². The summed E-state index contributed by atoms with van der Waals surface area (Å²) in [6, 6.07) is 2.28. The molecule has 2 aliphatic carbocycles. The third kappa shape index (κ3) is 0.629. The van der Waals surface area contributed by atoms with Gasteiger partial charge in [-0.25, -0.2) is 4.21 Å². The first-order chi connectivity index (χ1) is 5.81. The van der Waals surface area contributed by atoms with Crippen molar-refractivity contribution >= 4 is 11.1 Å². The van der Waals surface area contributed by atoms with Gasteiger partial charge in [-0.2, -0.15) is 5.26 Å². The van der Waals surface area contributed by atoms with Crippen molar-refractivity contribution < 1.29 is 8.39 Å². The molecule has 3 fully saturated rings. The topological polar surface area (TPSA) is 50.1 Å². The Labute approximate surface area is 73.4 Å². The molecule has 0 aromatic heterocycles. The maximum Gasteiger partial charge on any atom is 0.160 e. The Bertz CT molecular complexity index is 296. The molecule has 2 saturated carbocycles. The molecular formula is C8H9NO2S. The van der Waals surface area contributed by atoms with E-state index in [9.17, 15) is 4.21 Å². The second-order valence-electron chi connectivity index (χ2n) is 3.91. The van der Waals surface area contributed by atoms with E-state index in [2.05, 4.69) is 6.07 Å². The van der Waals surface area contributed by atoms with Gasteiger partial charge in [0.25, 0.3) is 0 Å². The van der Waals surface area contributed by atoms with Gasteiger partial charge in [-0.15, -0.1) is 0 Å². The first kappa shape index (κ1) is 7.05. The minimum absolute atomic E-state index is 0.00887. The minimum atomic E-state index is -1.17. The van der Waals surface area contributed by atoms with E-state index in [1.54, 1.807) is 0 Å². The van der Waals surface area contributed by atoms with Gasteiger partial charge in [-0.3, -0.25) is 4.18 Å². The summed E-state index contributed by atoms with van der Waals surface area (Å²) in [7, 11) is 0. The van der Waals surface area contributed by atoms with Gasteiger partial charge in [-0.1, -0.05) is 0 Å². The van der Waals surface area contributed by atoms with Crippen LogP contribution in [0.4, 0.5) is 0 Å². The van der Waals surface area contributed by atoms with Crippen LogP contribution in [0.1, 0.15) is 12.8 Å². The zero-order valence-electron chi connectivity index (χ0n) is 6.47. The lowest BCUT2D eigenvalue weighted by Crippen LogP contribution is -2.28. The van der Waals surface area contributed by atoms with Crippen molar-refractivity contribution in [2.24, 2.45) is 17.8 Å². The van der Waals surface area contributed by atoms with Crippen LogP contribution in [0.25, 0.3) is 0 Å². The molecule has 3 aliphatic rings. The van der Waals surface area contributed by atoms with Crippen LogP contribution in [0.5, 0.6) is 0 Å². The maximum absolute atomic E-state index is 11.4. The van der Waals surface area contributed by atoms with E-state index in [-0.39, 0.29) is 17.3 Å². The van der Waals surface area contributed by atoms with Gasteiger partial charge in [0.2, 0.25) is 0 Å². The third-order valence-electron chi connectivity index (χ3n) is 3.46. The molecule has 0 radical (unpaired) electrons. The van der Waals surface area contributed by atoms with Crippen LogP contribution in [0, 0.1) is 29.1 Å². The molecule has 1 aliphatic heterocycles. The fourth-order valence-corrected chi connectivity index (χ4v) is 4.67. The average Bonchev–Trinajstić information content (AvgIpc) is 2.61. The molecule has 3 nitrogen and oxygen atoms in total. The summed E-state index contributed by atoms with van der Waals surface area (Å²) < 4.78 is 16.7. The fraction of sp³-hybridized carbons (Fsp3) is 0.875. The lowest BCUT2D eigenvalue weighted by Gasteiger charge is -2.17. The molecule has 12 heavy (non-hydrogen) atoms. The monoisotopic (exact) mass is 183 g/mol. The molecule has 6 unspecified atom stereocenters. The highest BCUT2D eigenvalue weighted by molar-refractivity contribution is 7.81. The smallest absolute Gasteiger partial charge is 0.160 e. The quantitative estimate of drug-likeness (QED) is 0.552. The summed E-state index contributed by atoms with van der Waals surface area (Å²) in [5, 5.41) is 8.93. The van der Waals surface area contributed by atoms with Gasteiger partial charge >= 0.3 is 0 Å². The number of rotatable bonds is 0. The van der Waals surface area contributed by atoms with Crippen LogP contribution in [-0.4, -0.2) is 15.6 Å². The summed E-state index contributed by atoms with van der Waals surface area (Å²) in [6.07, 6.45) is 2.25. The minimum Gasteiger partial charge on any atom is -0.287 e. The van der Waals surface area contributed by atoms with E-state index in [0.717, 1.165) is 12.8 Å². The number of nitrogens with zero attached hydrogens (tertiary/aromatic N) is 1. The van der Waals surface area contributed by atoms with Crippen LogP contribution in [-0.2, 0) is 15.3 Å². The van der Waals surface area contributed by atoms with E-state index in [1.807, 2.05) is 0 Å². The largest absolute Gasteiger partial charge is 0.287 e.